The summed E-state index contributed by atoms with van der Waals surface area (Å²) < 4.78 is 3.19. The molecule has 112 valence electrons. The smallest absolute Gasteiger partial charge is 0.298 e. The van der Waals surface area contributed by atoms with Gasteiger partial charge in [0, 0.05) is 18.3 Å². The summed E-state index contributed by atoms with van der Waals surface area (Å²) in [5.74, 6) is 0. The number of pyridine rings is 1. The lowest BCUT2D eigenvalue weighted by Gasteiger charge is -2.25. The zero-order chi connectivity index (χ0) is 15.0. The quantitative estimate of drug-likeness (QED) is 0.797. The molecule has 5 heteroatoms. The number of hydrogen-bond acceptors (Lipinski definition) is 3. The van der Waals surface area contributed by atoms with E-state index in [9.17, 15) is 9.59 Å². The predicted octanol–water partition coefficient (Wildman–Crippen LogP) is 2.39. The number of nitrogens with zero attached hydrogens (tertiary/aromatic N) is 3. The van der Waals surface area contributed by atoms with E-state index in [1.165, 1.54) is 11.0 Å². The predicted molar refractivity (Wildman–Crippen MR) is 82.8 cm³/mol. The van der Waals surface area contributed by atoms with Crippen LogP contribution in [0.4, 0.5) is 0 Å². The van der Waals surface area contributed by atoms with Crippen molar-refractivity contribution in [2.24, 2.45) is 0 Å². The molecule has 5 nitrogen and oxygen atoms in total. The SMILES string of the molecule is CCn1c(=O)c(=O)n(C2CCCCC2)c2ccc(C)nc21. The molecule has 1 aliphatic carbocycles. The molecule has 0 bridgehead atoms. The molecule has 3 rings (SSSR count). The fraction of sp³-hybridized carbons (Fsp3) is 0.562. The van der Waals surface area contributed by atoms with Crippen LogP contribution in [0.15, 0.2) is 21.7 Å². The van der Waals surface area contributed by atoms with Crippen LogP contribution in [0.2, 0.25) is 0 Å². The third kappa shape index (κ3) is 2.30. The van der Waals surface area contributed by atoms with Crippen LogP contribution in [0.3, 0.4) is 0 Å². The summed E-state index contributed by atoms with van der Waals surface area (Å²) in [7, 11) is 0. The average Bonchev–Trinajstić information content (AvgIpc) is 2.50. The molecule has 0 unspecified atom stereocenters. The summed E-state index contributed by atoms with van der Waals surface area (Å²) in [5.41, 5.74) is 1.43. The summed E-state index contributed by atoms with van der Waals surface area (Å²) in [5, 5.41) is 0. The van der Waals surface area contributed by atoms with Crippen LogP contribution in [0, 0.1) is 6.92 Å². The van der Waals surface area contributed by atoms with E-state index in [1.807, 2.05) is 26.0 Å². The Morgan fingerprint density at radius 1 is 1.14 bits per heavy atom. The average molecular weight is 287 g/mol. The van der Waals surface area contributed by atoms with Crippen molar-refractivity contribution >= 4 is 11.2 Å². The molecule has 2 heterocycles. The highest BCUT2D eigenvalue weighted by Gasteiger charge is 2.22. The normalized spacial score (nSPS) is 16.5. The van der Waals surface area contributed by atoms with E-state index in [0.717, 1.165) is 36.9 Å². The van der Waals surface area contributed by atoms with Crippen LogP contribution < -0.4 is 11.1 Å². The van der Waals surface area contributed by atoms with E-state index >= 15 is 0 Å². The molecular weight excluding hydrogens is 266 g/mol. The highest BCUT2D eigenvalue weighted by atomic mass is 16.2. The van der Waals surface area contributed by atoms with Crippen molar-refractivity contribution in [2.45, 2.75) is 58.5 Å². The van der Waals surface area contributed by atoms with Gasteiger partial charge in [0.2, 0.25) is 0 Å². The Morgan fingerprint density at radius 3 is 2.52 bits per heavy atom. The molecule has 0 aromatic carbocycles. The largest absolute Gasteiger partial charge is 0.318 e. The van der Waals surface area contributed by atoms with Gasteiger partial charge in [-0.1, -0.05) is 19.3 Å². The Kier molecular flexibility index (Phi) is 3.66. The Balaban J connectivity index is 2.36. The summed E-state index contributed by atoms with van der Waals surface area (Å²) in [4.78, 5) is 29.4. The number of rotatable bonds is 2. The second-order valence-corrected chi connectivity index (χ2v) is 5.81. The molecule has 0 atom stereocenters. The standard InChI is InChI=1S/C16H21N3O2/c1-3-18-14-13(10-9-11(2)17-14)19(16(21)15(18)20)12-7-5-4-6-8-12/h9-10,12H,3-8H2,1-2H3. The molecule has 1 saturated carbocycles. The fourth-order valence-electron chi connectivity index (χ4n) is 3.34. The number of hydrogen-bond donors (Lipinski definition) is 0. The number of fused-ring (bicyclic) bond motifs is 1. The molecule has 1 fully saturated rings. The van der Waals surface area contributed by atoms with Crippen LogP contribution in [-0.4, -0.2) is 14.1 Å². The molecule has 0 spiro atoms. The minimum atomic E-state index is -0.450. The minimum absolute atomic E-state index is 0.137. The maximum absolute atomic E-state index is 12.5. The zero-order valence-corrected chi connectivity index (χ0v) is 12.6. The van der Waals surface area contributed by atoms with Gasteiger partial charge in [0.05, 0.1) is 5.52 Å². The van der Waals surface area contributed by atoms with E-state index in [1.54, 1.807) is 4.57 Å². The molecule has 2 aromatic rings. The van der Waals surface area contributed by atoms with Gasteiger partial charge in [-0.05, 0) is 38.8 Å². The number of aromatic nitrogens is 3. The summed E-state index contributed by atoms with van der Waals surface area (Å²) in [6, 6.07) is 3.97. The molecule has 0 N–H and O–H groups in total. The molecular formula is C16H21N3O2. The van der Waals surface area contributed by atoms with Gasteiger partial charge in [0.15, 0.2) is 5.65 Å². The summed E-state index contributed by atoms with van der Waals surface area (Å²) >= 11 is 0. The van der Waals surface area contributed by atoms with Crippen molar-refractivity contribution in [3.05, 3.63) is 38.5 Å². The zero-order valence-electron chi connectivity index (χ0n) is 12.6. The van der Waals surface area contributed by atoms with Crippen molar-refractivity contribution in [2.75, 3.05) is 0 Å². The van der Waals surface area contributed by atoms with E-state index < -0.39 is 11.1 Å². The first-order valence-corrected chi connectivity index (χ1v) is 7.76. The Hall–Kier alpha value is -1.91. The van der Waals surface area contributed by atoms with E-state index in [2.05, 4.69) is 4.98 Å². The van der Waals surface area contributed by atoms with Gasteiger partial charge in [-0.25, -0.2) is 4.98 Å². The highest BCUT2D eigenvalue weighted by molar-refractivity contribution is 5.71. The van der Waals surface area contributed by atoms with Crippen molar-refractivity contribution in [3.63, 3.8) is 0 Å². The van der Waals surface area contributed by atoms with E-state index in [-0.39, 0.29) is 6.04 Å². The summed E-state index contributed by atoms with van der Waals surface area (Å²) in [6.45, 7) is 4.24. The lowest BCUT2D eigenvalue weighted by atomic mass is 9.95. The molecule has 2 aromatic heterocycles. The second-order valence-electron chi connectivity index (χ2n) is 5.81. The molecule has 0 amide bonds. The third-order valence-electron chi connectivity index (χ3n) is 4.41. The molecule has 0 saturated heterocycles. The Labute approximate surface area is 123 Å². The summed E-state index contributed by atoms with van der Waals surface area (Å²) in [6.07, 6.45) is 5.40. The molecule has 1 aliphatic rings. The monoisotopic (exact) mass is 287 g/mol. The Morgan fingerprint density at radius 2 is 1.86 bits per heavy atom. The van der Waals surface area contributed by atoms with Crippen LogP contribution in [0.1, 0.15) is 50.8 Å². The van der Waals surface area contributed by atoms with Crippen LogP contribution in [0.25, 0.3) is 11.2 Å². The van der Waals surface area contributed by atoms with Crippen LogP contribution in [0.5, 0.6) is 0 Å². The van der Waals surface area contributed by atoms with Crippen molar-refractivity contribution in [1.29, 1.82) is 0 Å². The minimum Gasteiger partial charge on any atom is -0.298 e. The van der Waals surface area contributed by atoms with E-state index in [4.69, 9.17) is 0 Å². The second kappa shape index (κ2) is 5.47. The number of aryl methyl sites for hydroxylation is 2. The molecule has 0 radical (unpaired) electrons. The third-order valence-corrected chi connectivity index (χ3v) is 4.41. The van der Waals surface area contributed by atoms with Crippen molar-refractivity contribution in [1.82, 2.24) is 14.1 Å². The molecule has 21 heavy (non-hydrogen) atoms. The van der Waals surface area contributed by atoms with Gasteiger partial charge < -0.3 is 0 Å². The van der Waals surface area contributed by atoms with Crippen molar-refractivity contribution < 1.29 is 0 Å². The first-order valence-electron chi connectivity index (χ1n) is 7.76. The maximum atomic E-state index is 12.5. The lowest BCUT2D eigenvalue weighted by Crippen LogP contribution is -2.43. The molecule has 0 aliphatic heterocycles. The lowest BCUT2D eigenvalue weighted by molar-refractivity contribution is 0.351. The van der Waals surface area contributed by atoms with Crippen LogP contribution >= 0.6 is 0 Å². The first kappa shape index (κ1) is 14.0. The first-order chi connectivity index (χ1) is 10.1. The van der Waals surface area contributed by atoms with Gasteiger partial charge in [-0.2, -0.15) is 0 Å². The van der Waals surface area contributed by atoms with Crippen molar-refractivity contribution in [3.8, 4) is 0 Å². The van der Waals surface area contributed by atoms with Gasteiger partial charge in [0.25, 0.3) is 0 Å². The van der Waals surface area contributed by atoms with Gasteiger partial charge in [-0.15, -0.1) is 0 Å². The van der Waals surface area contributed by atoms with Gasteiger partial charge in [-0.3, -0.25) is 18.7 Å². The fourth-order valence-corrected chi connectivity index (χ4v) is 3.34. The maximum Gasteiger partial charge on any atom is 0.318 e. The van der Waals surface area contributed by atoms with E-state index in [0.29, 0.717) is 12.2 Å². The van der Waals surface area contributed by atoms with Gasteiger partial charge >= 0.3 is 11.1 Å². The Bertz CT molecular complexity index is 782. The van der Waals surface area contributed by atoms with Crippen LogP contribution in [-0.2, 0) is 6.54 Å². The topological polar surface area (TPSA) is 56.9 Å². The van der Waals surface area contributed by atoms with Gasteiger partial charge in [0.1, 0.15) is 0 Å². The highest BCUT2D eigenvalue weighted by Crippen LogP contribution is 2.28.